The number of halogens is 1. The van der Waals surface area contributed by atoms with E-state index in [9.17, 15) is 0 Å². The summed E-state index contributed by atoms with van der Waals surface area (Å²) in [6, 6.07) is 7.79. The Morgan fingerprint density at radius 3 is 2.75 bits per heavy atom. The van der Waals surface area contributed by atoms with Crippen molar-refractivity contribution < 1.29 is 4.74 Å². The molecule has 1 aromatic heterocycles. The highest BCUT2D eigenvalue weighted by Gasteiger charge is 2.01. The van der Waals surface area contributed by atoms with Crippen LogP contribution in [0, 0.1) is 0 Å². The van der Waals surface area contributed by atoms with Crippen molar-refractivity contribution >= 4 is 15.9 Å². The molecule has 0 amide bonds. The van der Waals surface area contributed by atoms with Gasteiger partial charge in [0, 0.05) is 23.4 Å². The van der Waals surface area contributed by atoms with E-state index in [1.807, 2.05) is 30.5 Å². The van der Waals surface area contributed by atoms with Crippen molar-refractivity contribution in [2.75, 3.05) is 0 Å². The number of benzene rings is 1. The maximum atomic E-state index is 5.64. The zero-order valence-electron chi connectivity index (χ0n) is 9.06. The summed E-state index contributed by atoms with van der Waals surface area (Å²) >= 11 is 3.39. The molecule has 0 aliphatic heterocycles. The molecule has 0 aliphatic carbocycles. The molecule has 0 radical (unpaired) electrons. The molecule has 84 valence electrons. The van der Waals surface area contributed by atoms with E-state index >= 15 is 0 Å². The van der Waals surface area contributed by atoms with Crippen LogP contribution in [0.25, 0.3) is 0 Å². The molecule has 0 saturated heterocycles. The van der Waals surface area contributed by atoms with Gasteiger partial charge in [0.05, 0.1) is 0 Å². The lowest BCUT2D eigenvalue weighted by Crippen LogP contribution is -2.05. The van der Waals surface area contributed by atoms with Crippen LogP contribution in [0.1, 0.15) is 12.7 Å². The van der Waals surface area contributed by atoms with Crippen LogP contribution in [-0.4, -0.2) is 9.55 Å². The van der Waals surface area contributed by atoms with E-state index < -0.39 is 0 Å². The minimum atomic E-state index is 0.502. The predicted octanol–water partition coefficient (Wildman–Crippen LogP) is 3.24. The molecule has 4 heteroatoms. The molecule has 0 bridgehead atoms. The Morgan fingerprint density at radius 2 is 2.06 bits per heavy atom. The summed E-state index contributed by atoms with van der Waals surface area (Å²) in [6.07, 6.45) is 3.75. The minimum Gasteiger partial charge on any atom is -0.486 e. The number of aromatic nitrogens is 2. The summed E-state index contributed by atoms with van der Waals surface area (Å²) in [5, 5.41) is 0. The van der Waals surface area contributed by atoms with Crippen molar-refractivity contribution in [2.24, 2.45) is 0 Å². The Labute approximate surface area is 103 Å². The minimum absolute atomic E-state index is 0.502. The van der Waals surface area contributed by atoms with Crippen molar-refractivity contribution in [3.05, 3.63) is 47.0 Å². The van der Waals surface area contributed by atoms with Gasteiger partial charge < -0.3 is 9.30 Å². The number of ether oxygens (including phenoxy) is 1. The second-order valence-corrected chi connectivity index (χ2v) is 4.29. The Morgan fingerprint density at radius 1 is 1.31 bits per heavy atom. The van der Waals surface area contributed by atoms with Crippen LogP contribution in [0.5, 0.6) is 5.75 Å². The second kappa shape index (κ2) is 5.16. The maximum absolute atomic E-state index is 5.64. The van der Waals surface area contributed by atoms with Gasteiger partial charge in [-0.15, -0.1) is 0 Å². The van der Waals surface area contributed by atoms with Crippen molar-refractivity contribution in [3.63, 3.8) is 0 Å². The molecule has 0 N–H and O–H groups in total. The highest BCUT2D eigenvalue weighted by Crippen LogP contribution is 2.17. The molecule has 0 aliphatic rings. The fourth-order valence-corrected chi connectivity index (χ4v) is 1.71. The van der Waals surface area contributed by atoms with Gasteiger partial charge in [0.2, 0.25) is 0 Å². The zero-order valence-corrected chi connectivity index (χ0v) is 10.6. The Bertz CT molecular complexity index is 450. The van der Waals surface area contributed by atoms with Gasteiger partial charge in [-0.3, -0.25) is 0 Å². The van der Waals surface area contributed by atoms with Crippen molar-refractivity contribution in [2.45, 2.75) is 20.1 Å². The molecule has 2 aromatic rings. The maximum Gasteiger partial charge on any atom is 0.146 e. The molecule has 2 rings (SSSR count). The summed E-state index contributed by atoms with van der Waals surface area (Å²) in [7, 11) is 0. The Hall–Kier alpha value is -1.29. The van der Waals surface area contributed by atoms with Crippen molar-refractivity contribution in [1.29, 1.82) is 0 Å². The van der Waals surface area contributed by atoms with Crippen molar-refractivity contribution in [1.82, 2.24) is 9.55 Å². The van der Waals surface area contributed by atoms with E-state index in [4.69, 9.17) is 4.74 Å². The number of rotatable bonds is 4. The standard InChI is InChI=1S/C12H13BrN2O/c1-2-15-8-7-14-12(15)9-16-11-5-3-10(13)4-6-11/h3-8H,2,9H2,1H3. The molecule has 1 heterocycles. The normalized spacial score (nSPS) is 10.4. The highest BCUT2D eigenvalue weighted by molar-refractivity contribution is 9.10. The number of imidazole rings is 1. The van der Waals surface area contributed by atoms with Gasteiger partial charge in [0.15, 0.2) is 0 Å². The molecule has 1 aromatic carbocycles. The first-order chi connectivity index (χ1) is 7.79. The number of hydrogen-bond acceptors (Lipinski definition) is 2. The second-order valence-electron chi connectivity index (χ2n) is 3.37. The van der Waals surface area contributed by atoms with Crippen LogP contribution < -0.4 is 4.74 Å². The lowest BCUT2D eigenvalue weighted by Gasteiger charge is -2.07. The fraction of sp³-hybridized carbons (Fsp3) is 0.250. The van der Waals surface area contributed by atoms with Crippen LogP contribution in [-0.2, 0) is 13.2 Å². The summed E-state index contributed by atoms with van der Waals surface area (Å²) in [6.45, 7) is 3.51. The van der Waals surface area contributed by atoms with Gasteiger partial charge >= 0.3 is 0 Å². The predicted molar refractivity (Wildman–Crippen MR) is 66.4 cm³/mol. The molecule has 0 atom stereocenters. The van der Waals surface area contributed by atoms with Crippen LogP contribution in [0.2, 0.25) is 0 Å². The third-order valence-corrected chi connectivity index (χ3v) is 2.85. The van der Waals surface area contributed by atoms with Gasteiger partial charge in [0.25, 0.3) is 0 Å². The molecule has 0 saturated carbocycles. The van der Waals surface area contributed by atoms with E-state index in [-0.39, 0.29) is 0 Å². The summed E-state index contributed by atoms with van der Waals surface area (Å²) in [5.41, 5.74) is 0. The first-order valence-electron chi connectivity index (χ1n) is 5.18. The average Bonchev–Trinajstić information content (AvgIpc) is 2.76. The zero-order chi connectivity index (χ0) is 11.4. The topological polar surface area (TPSA) is 27.1 Å². The average molecular weight is 281 g/mol. The van der Waals surface area contributed by atoms with Gasteiger partial charge in [-0.2, -0.15) is 0 Å². The van der Waals surface area contributed by atoms with Crippen LogP contribution >= 0.6 is 15.9 Å². The fourth-order valence-electron chi connectivity index (χ4n) is 1.45. The Balaban J connectivity index is 1.99. The molecular weight excluding hydrogens is 268 g/mol. The molecule has 0 spiro atoms. The summed E-state index contributed by atoms with van der Waals surface area (Å²) in [5.74, 6) is 1.80. The lowest BCUT2D eigenvalue weighted by molar-refractivity contribution is 0.290. The van der Waals surface area contributed by atoms with Crippen LogP contribution in [0.4, 0.5) is 0 Å². The van der Waals surface area contributed by atoms with Crippen LogP contribution in [0.3, 0.4) is 0 Å². The first kappa shape index (κ1) is 11.2. The smallest absolute Gasteiger partial charge is 0.146 e. The molecule has 0 unspecified atom stereocenters. The summed E-state index contributed by atoms with van der Waals surface area (Å²) < 4.78 is 8.76. The largest absolute Gasteiger partial charge is 0.486 e. The van der Waals surface area contributed by atoms with Crippen molar-refractivity contribution in [3.8, 4) is 5.75 Å². The van der Waals surface area contributed by atoms with Gasteiger partial charge in [0.1, 0.15) is 18.2 Å². The molecule has 16 heavy (non-hydrogen) atoms. The third-order valence-electron chi connectivity index (χ3n) is 2.32. The molecule has 3 nitrogen and oxygen atoms in total. The monoisotopic (exact) mass is 280 g/mol. The molecular formula is C12H13BrN2O. The lowest BCUT2D eigenvalue weighted by atomic mass is 10.3. The van der Waals surface area contributed by atoms with Gasteiger partial charge in [-0.25, -0.2) is 4.98 Å². The van der Waals surface area contributed by atoms with Gasteiger partial charge in [-0.1, -0.05) is 15.9 Å². The number of aryl methyl sites for hydroxylation is 1. The number of nitrogens with zero attached hydrogens (tertiary/aromatic N) is 2. The Kier molecular flexibility index (Phi) is 3.62. The SMILES string of the molecule is CCn1ccnc1COc1ccc(Br)cc1. The van der Waals surface area contributed by atoms with E-state index in [0.717, 1.165) is 22.6 Å². The summed E-state index contributed by atoms with van der Waals surface area (Å²) in [4.78, 5) is 4.25. The van der Waals surface area contributed by atoms with E-state index in [0.29, 0.717) is 6.61 Å². The van der Waals surface area contributed by atoms with E-state index in [1.54, 1.807) is 6.20 Å². The highest BCUT2D eigenvalue weighted by atomic mass is 79.9. The first-order valence-corrected chi connectivity index (χ1v) is 5.97. The van der Waals surface area contributed by atoms with E-state index in [2.05, 4.69) is 32.4 Å². The van der Waals surface area contributed by atoms with E-state index in [1.165, 1.54) is 0 Å². The number of hydrogen-bond donors (Lipinski definition) is 0. The third kappa shape index (κ3) is 2.64. The van der Waals surface area contributed by atoms with Crippen LogP contribution in [0.15, 0.2) is 41.1 Å². The quantitative estimate of drug-likeness (QED) is 0.860. The molecule has 0 fully saturated rings. The van der Waals surface area contributed by atoms with Gasteiger partial charge in [-0.05, 0) is 31.2 Å².